The van der Waals surface area contributed by atoms with E-state index in [4.69, 9.17) is 0 Å². The van der Waals surface area contributed by atoms with Gasteiger partial charge in [0.2, 0.25) is 5.91 Å². The quantitative estimate of drug-likeness (QED) is 0.263. The summed E-state index contributed by atoms with van der Waals surface area (Å²) >= 11 is 0. The predicted octanol–water partition coefficient (Wildman–Crippen LogP) is 9.18. The second-order valence-corrected chi connectivity index (χ2v) is 20.0. The molecule has 6 aliphatic rings. The van der Waals surface area contributed by atoms with Gasteiger partial charge in [-0.1, -0.05) is 65.0 Å². The minimum atomic E-state index is -0.861. The first-order valence-electron chi connectivity index (χ1n) is 20.9. The standard InChI is InChI=1S/C46H69N3O3/c1-30(2)34-16-23-46(47-26-29-49-27-19-32(20-28-49)40(50)48(8)9)25-24-44(6)36(39(34)46)14-15-38-43(5)21-17-35(31-10-12-33(13-11-31)41(51)52)42(3,4)37(43)18-22-45(38,44)7/h10-13,17,32,34,36-39,47H,1,14-16,18-29H2,2-9H3,(H,51,52)/t34-,36+,37-,38+,39+,43-,44+,45+,46?/m0/s1. The summed E-state index contributed by atoms with van der Waals surface area (Å²) in [4.78, 5) is 28.5. The Morgan fingerprint density at radius 3 is 2.21 bits per heavy atom. The van der Waals surface area contributed by atoms with Crippen LogP contribution in [-0.2, 0) is 4.79 Å². The topological polar surface area (TPSA) is 72.9 Å². The molecule has 0 spiro atoms. The van der Waals surface area contributed by atoms with E-state index in [1.54, 1.807) is 17.0 Å². The molecule has 1 aromatic rings. The van der Waals surface area contributed by atoms with Crippen molar-refractivity contribution in [3.8, 4) is 0 Å². The number of carboxylic acids is 1. The Morgan fingerprint density at radius 1 is 0.885 bits per heavy atom. The van der Waals surface area contributed by atoms with Gasteiger partial charge in [0, 0.05) is 38.6 Å². The van der Waals surface area contributed by atoms with Crippen LogP contribution >= 0.6 is 0 Å². The number of fused-ring (bicyclic) bond motifs is 7. The summed E-state index contributed by atoms with van der Waals surface area (Å²) < 4.78 is 0. The minimum Gasteiger partial charge on any atom is -0.478 e. The normalized spacial score (nSPS) is 40.1. The van der Waals surface area contributed by atoms with E-state index in [-0.39, 0.29) is 22.3 Å². The Bertz CT molecular complexity index is 1590. The molecule has 1 saturated heterocycles. The molecule has 0 bridgehead atoms. The Hall–Kier alpha value is -2.44. The zero-order valence-electron chi connectivity index (χ0n) is 33.8. The molecular weight excluding hydrogens is 643 g/mol. The van der Waals surface area contributed by atoms with Crippen molar-refractivity contribution < 1.29 is 14.7 Å². The van der Waals surface area contributed by atoms with Crippen molar-refractivity contribution in [3.05, 3.63) is 53.6 Å². The summed E-state index contributed by atoms with van der Waals surface area (Å²) in [6.45, 7) is 24.2. The number of aromatic carboxylic acids is 1. The highest BCUT2D eigenvalue weighted by molar-refractivity contribution is 5.88. The van der Waals surface area contributed by atoms with Gasteiger partial charge in [0.05, 0.1) is 5.56 Å². The molecule has 1 unspecified atom stereocenters. The van der Waals surface area contributed by atoms with Crippen LogP contribution in [0.1, 0.15) is 128 Å². The molecule has 1 amide bonds. The van der Waals surface area contributed by atoms with Crippen LogP contribution < -0.4 is 5.32 Å². The first-order valence-corrected chi connectivity index (χ1v) is 20.9. The van der Waals surface area contributed by atoms with Gasteiger partial charge >= 0.3 is 5.97 Å². The highest BCUT2D eigenvalue weighted by atomic mass is 16.4. The number of allylic oxidation sites excluding steroid dienone is 3. The van der Waals surface area contributed by atoms with E-state index in [1.165, 1.54) is 68.1 Å². The SMILES string of the molecule is C=C(C)[C@@H]1CCC2(NCCN3CCC(C(=O)N(C)C)CC3)CC[C@]3(C)[C@H](CC[C@@H]4[C@@]5(C)CC=C(c6ccc(C(=O)O)cc6)C(C)(C)[C@@H]5CC[C@]43C)[C@@H]12. The Balaban J connectivity index is 1.10. The average molecular weight is 712 g/mol. The number of amides is 1. The fourth-order valence-electron chi connectivity index (χ4n) is 14.6. The van der Waals surface area contributed by atoms with Crippen molar-refractivity contribution in [2.45, 2.75) is 118 Å². The zero-order valence-corrected chi connectivity index (χ0v) is 33.8. The first kappa shape index (κ1) is 37.9. The molecule has 1 aromatic carbocycles. The molecule has 2 N–H and O–H groups in total. The molecule has 52 heavy (non-hydrogen) atoms. The molecule has 1 aliphatic heterocycles. The van der Waals surface area contributed by atoms with Crippen LogP contribution in [0, 0.1) is 57.2 Å². The molecule has 4 saturated carbocycles. The lowest BCUT2D eigenvalue weighted by Gasteiger charge is -2.72. The lowest BCUT2D eigenvalue weighted by Crippen LogP contribution is -2.68. The molecule has 1 heterocycles. The van der Waals surface area contributed by atoms with Crippen LogP contribution in [0.4, 0.5) is 0 Å². The molecule has 5 aliphatic carbocycles. The number of piperidine rings is 1. The Labute approximate surface area is 315 Å². The summed E-state index contributed by atoms with van der Waals surface area (Å²) in [5.74, 6) is 2.88. The molecule has 0 radical (unpaired) electrons. The highest BCUT2D eigenvalue weighted by Gasteiger charge is 2.70. The summed E-state index contributed by atoms with van der Waals surface area (Å²) in [6.07, 6.45) is 16.0. The lowest BCUT2D eigenvalue weighted by atomic mass is 9.33. The molecule has 6 nitrogen and oxygen atoms in total. The van der Waals surface area contributed by atoms with Crippen LogP contribution in [-0.4, -0.2) is 72.6 Å². The van der Waals surface area contributed by atoms with Gasteiger partial charge in [-0.25, -0.2) is 4.79 Å². The summed E-state index contributed by atoms with van der Waals surface area (Å²) in [7, 11) is 3.78. The number of likely N-dealkylation sites (tertiary alicyclic amines) is 1. The Kier molecular flexibility index (Phi) is 9.75. The molecular formula is C46H69N3O3. The summed E-state index contributed by atoms with van der Waals surface area (Å²) in [5.41, 5.74) is 5.44. The highest BCUT2D eigenvalue weighted by Crippen LogP contribution is 2.76. The zero-order chi connectivity index (χ0) is 37.4. The largest absolute Gasteiger partial charge is 0.478 e. The first-order chi connectivity index (χ1) is 24.5. The monoisotopic (exact) mass is 712 g/mol. The second kappa shape index (κ2) is 13.4. The van der Waals surface area contributed by atoms with E-state index in [9.17, 15) is 14.7 Å². The number of carbonyl (C=O) groups is 2. The van der Waals surface area contributed by atoms with Gasteiger partial charge in [0.25, 0.3) is 0 Å². The van der Waals surface area contributed by atoms with Gasteiger partial charge in [0.1, 0.15) is 0 Å². The molecule has 5 fully saturated rings. The van der Waals surface area contributed by atoms with Gasteiger partial charge in [-0.3, -0.25) is 4.79 Å². The van der Waals surface area contributed by atoms with Crippen LogP contribution in [0.15, 0.2) is 42.5 Å². The molecule has 7 rings (SSSR count). The van der Waals surface area contributed by atoms with E-state index < -0.39 is 5.97 Å². The number of hydrogen-bond acceptors (Lipinski definition) is 4. The van der Waals surface area contributed by atoms with Crippen molar-refractivity contribution in [2.24, 2.45) is 57.2 Å². The molecule has 9 atom stereocenters. The molecule has 0 aromatic heterocycles. The maximum Gasteiger partial charge on any atom is 0.335 e. The second-order valence-electron chi connectivity index (χ2n) is 20.0. The number of rotatable bonds is 8. The smallest absolute Gasteiger partial charge is 0.335 e. The van der Waals surface area contributed by atoms with Crippen molar-refractivity contribution >= 4 is 17.4 Å². The molecule has 6 heteroatoms. The number of hydrogen-bond donors (Lipinski definition) is 2. The number of nitrogens with zero attached hydrogens (tertiary/aromatic N) is 2. The van der Waals surface area contributed by atoms with E-state index in [2.05, 4.69) is 64.4 Å². The van der Waals surface area contributed by atoms with E-state index in [0.717, 1.165) is 45.4 Å². The average Bonchev–Trinajstić information content (AvgIpc) is 3.48. The third kappa shape index (κ3) is 5.78. The fraction of sp³-hybridized carbons (Fsp3) is 0.739. The Morgan fingerprint density at radius 2 is 1.58 bits per heavy atom. The fourth-order valence-corrected chi connectivity index (χ4v) is 14.6. The van der Waals surface area contributed by atoms with E-state index >= 15 is 0 Å². The van der Waals surface area contributed by atoms with Crippen molar-refractivity contribution in [2.75, 3.05) is 40.3 Å². The van der Waals surface area contributed by atoms with E-state index in [0.29, 0.717) is 51.9 Å². The maximum atomic E-state index is 12.6. The van der Waals surface area contributed by atoms with Gasteiger partial charge in [-0.2, -0.15) is 0 Å². The van der Waals surface area contributed by atoms with Crippen LogP contribution in [0.3, 0.4) is 0 Å². The van der Waals surface area contributed by atoms with Crippen LogP contribution in [0.25, 0.3) is 5.57 Å². The van der Waals surface area contributed by atoms with E-state index in [1.807, 2.05) is 26.2 Å². The maximum absolute atomic E-state index is 12.6. The number of nitrogens with one attached hydrogen (secondary N) is 1. The molecule has 286 valence electrons. The van der Waals surface area contributed by atoms with Gasteiger partial charge < -0.3 is 20.2 Å². The lowest BCUT2D eigenvalue weighted by molar-refractivity contribution is -0.219. The van der Waals surface area contributed by atoms with Gasteiger partial charge in [-0.05, 0) is 165 Å². The number of carbonyl (C=O) groups excluding carboxylic acids is 1. The third-order valence-electron chi connectivity index (χ3n) is 17.4. The van der Waals surface area contributed by atoms with Crippen molar-refractivity contribution in [1.29, 1.82) is 0 Å². The summed E-state index contributed by atoms with van der Waals surface area (Å²) in [5, 5.41) is 13.8. The minimum absolute atomic E-state index is 0.0239. The van der Waals surface area contributed by atoms with Crippen molar-refractivity contribution in [1.82, 2.24) is 15.1 Å². The van der Waals surface area contributed by atoms with Crippen LogP contribution in [0.5, 0.6) is 0 Å². The predicted molar refractivity (Wildman–Crippen MR) is 212 cm³/mol. The summed E-state index contributed by atoms with van der Waals surface area (Å²) in [6, 6.07) is 7.63. The number of benzene rings is 1. The number of carboxylic acid groups (broad SMARTS) is 1. The van der Waals surface area contributed by atoms with Crippen molar-refractivity contribution in [3.63, 3.8) is 0 Å². The van der Waals surface area contributed by atoms with Crippen LogP contribution in [0.2, 0.25) is 0 Å². The van der Waals surface area contributed by atoms with Gasteiger partial charge in [-0.15, -0.1) is 0 Å². The third-order valence-corrected chi connectivity index (χ3v) is 17.4. The van der Waals surface area contributed by atoms with Gasteiger partial charge in [0.15, 0.2) is 0 Å².